The molecule has 1 N–H and O–H groups in total. The van der Waals surface area contributed by atoms with Crippen molar-refractivity contribution >= 4 is 0 Å². The number of rotatable bonds is 6. The number of ether oxygens (including phenoxy) is 1. The lowest BCUT2D eigenvalue weighted by molar-refractivity contribution is 0.237. The molecule has 3 rings (SSSR count). The minimum absolute atomic E-state index is 0.488. The summed E-state index contributed by atoms with van der Waals surface area (Å²) in [7, 11) is 1.95. The van der Waals surface area contributed by atoms with Crippen molar-refractivity contribution in [1.82, 2.24) is 15.1 Å². The van der Waals surface area contributed by atoms with E-state index in [1.54, 1.807) is 0 Å². The van der Waals surface area contributed by atoms with Gasteiger partial charge in [0.2, 0.25) is 5.88 Å². The molecule has 0 amide bonds. The van der Waals surface area contributed by atoms with Gasteiger partial charge in [0.25, 0.3) is 0 Å². The molecule has 1 heterocycles. The van der Waals surface area contributed by atoms with Gasteiger partial charge in [-0.3, -0.25) is 0 Å². The summed E-state index contributed by atoms with van der Waals surface area (Å²) in [6, 6.07) is 11.1. The monoisotopic (exact) mass is 313 g/mol. The topological polar surface area (TPSA) is 39.1 Å². The van der Waals surface area contributed by atoms with Crippen molar-refractivity contribution < 1.29 is 4.74 Å². The van der Waals surface area contributed by atoms with Crippen molar-refractivity contribution in [2.45, 2.75) is 58.2 Å². The highest BCUT2D eigenvalue weighted by Crippen LogP contribution is 2.31. The number of hydrogen-bond donors (Lipinski definition) is 1. The van der Waals surface area contributed by atoms with Gasteiger partial charge < -0.3 is 10.1 Å². The number of nitrogens with one attached hydrogen (secondary N) is 1. The Kier molecular flexibility index (Phi) is 5.34. The first-order chi connectivity index (χ1) is 11.3. The zero-order valence-corrected chi connectivity index (χ0v) is 14.2. The summed E-state index contributed by atoms with van der Waals surface area (Å²) >= 11 is 0. The molecule has 1 aliphatic carbocycles. The standard InChI is InChI=1S/C19H27N3O/c1-15-8-10-16(11-9-15)14-23-19-12-17(13-20-2)21-22(19)18-6-4-3-5-7-18/h8-12,18,20H,3-7,13-14H2,1-2H3. The molecule has 0 aliphatic heterocycles. The van der Waals surface area contributed by atoms with Crippen molar-refractivity contribution in [2.75, 3.05) is 7.05 Å². The highest BCUT2D eigenvalue weighted by Gasteiger charge is 2.20. The van der Waals surface area contributed by atoms with Gasteiger partial charge in [-0.1, -0.05) is 49.1 Å². The second-order valence-electron chi connectivity index (χ2n) is 6.51. The zero-order valence-electron chi connectivity index (χ0n) is 14.2. The lowest BCUT2D eigenvalue weighted by Crippen LogP contribution is -2.16. The molecule has 0 spiro atoms. The van der Waals surface area contributed by atoms with E-state index in [9.17, 15) is 0 Å². The molecule has 1 aliphatic rings. The van der Waals surface area contributed by atoms with Gasteiger partial charge in [0.05, 0.1) is 11.7 Å². The summed E-state index contributed by atoms with van der Waals surface area (Å²) in [6.45, 7) is 3.48. The molecule has 0 radical (unpaired) electrons. The van der Waals surface area contributed by atoms with Gasteiger partial charge in [0, 0.05) is 12.6 Å². The maximum absolute atomic E-state index is 6.12. The maximum atomic E-state index is 6.12. The van der Waals surface area contributed by atoms with Crippen LogP contribution in [0.4, 0.5) is 0 Å². The number of benzene rings is 1. The molecule has 4 heteroatoms. The third-order valence-electron chi connectivity index (χ3n) is 4.54. The average molecular weight is 313 g/mol. The Morgan fingerprint density at radius 2 is 1.91 bits per heavy atom. The van der Waals surface area contributed by atoms with E-state index >= 15 is 0 Å². The summed E-state index contributed by atoms with van der Waals surface area (Å²) < 4.78 is 8.24. The maximum Gasteiger partial charge on any atom is 0.212 e. The molecular formula is C19H27N3O. The first-order valence-corrected chi connectivity index (χ1v) is 8.67. The summed E-state index contributed by atoms with van der Waals surface area (Å²) in [5.41, 5.74) is 3.52. The molecule has 2 aromatic rings. The second-order valence-corrected chi connectivity index (χ2v) is 6.51. The van der Waals surface area contributed by atoms with E-state index in [4.69, 9.17) is 9.84 Å². The predicted octanol–water partition coefficient (Wildman–Crippen LogP) is 4.00. The molecule has 1 aromatic heterocycles. The van der Waals surface area contributed by atoms with Gasteiger partial charge in [-0.05, 0) is 32.4 Å². The third kappa shape index (κ3) is 4.14. The lowest BCUT2D eigenvalue weighted by Gasteiger charge is -2.23. The highest BCUT2D eigenvalue weighted by atomic mass is 16.5. The van der Waals surface area contributed by atoms with Crippen LogP contribution in [0, 0.1) is 6.92 Å². The van der Waals surface area contributed by atoms with Crippen LogP contribution in [0.5, 0.6) is 5.88 Å². The molecule has 1 saturated carbocycles. The SMILES string of the molecule is CNCc1cc(OCc2ccc(C)cc2)n(C2CCCCC2)n1. The molecule has 0 unspecified atom stereocenters. The largest absolute Gasteiger partial charge is 0.473 e. The second kappa shape index (κ2) is 7.64. The van der Waals surface area contributed by atoms with E-state index in [0.29, 0.717) is 12.6 Å². The van der Waals surface area contributed by atoms with Gasteiger partial charge >= 0.3 is 0 Å². The molecule has 0 saturated heterocycles. The Morgan fingerprint density at radius 1 is 1.17 bits per heavy atom. The van der Waals surface area contributed by atoms with E-state index in [1.807, 2.05) is 7.05 Å². The summed E-state index contributed by atoms with van der Waals surface area (Å²) in [5.74, 6) is 0.905. The zero-order chi connectivity index (χ0) is 16.1. The predicted molar refractivity (Wildman–Crippen MR) is 92.6 cm³/mol. The van der Waals surface area contributed by atoms with Gasteiger partial charge in [0.1, 0.15) is 6.61 Å². The quantitative estimate of drug-likeness (QED) is 0.876. The van der Waals surface area contributed by atoms with Crippen LogP contribution in [0.25, 0.3) is 0 Å². The fourth-order valence-corrected chi connectivity index (χ4v) is 3.23. The molecule has 0 atom stereocenters. The first kappa shape index (κ1) is 16.1. The highest BCUT2D eigenvalue weighted by molar-refractivity contribution is 5.22. The van der Waals surface area contributed by atoms with Crippen LogP contribution in [0.15, 0.2) is 30.3 Å². The van der Waals surface area contributed by atoms with Crippen LogP contribution >= 0.6 is 0 Å². The normalized spacial score (nSPS) is 15.7. The van der Waals surface area contributed by atoms with Crippen molar-refractivity contribution in [3.63, 3.8) is 0 Å². The molecule has 1 aromatic carbocycles. The van der Waals surface area contributed by atoms with Crippen LogP contribution in [0.1, 0.15) is 55.0 Å². The van der Waals surface area contributed by atoms with Gasteiger partial charge in [0.15, 0.2) is 0 Å². The van der Waals surface area contributed by atoms with Crippen LogP contribution in [-0.4, -0.2) is 16.8 Å². The smallest absolute Gasteiger partial charge is 0.212 e. The molecular weight excluding hydrogens is 286 g/mol. The lowest BCUT2D eigenvalue weighted by atomic mass is 9.96. The summed E-state index contributed by atoms with van der Waals surface area (Å²) in [4.78, 5) is 0. The molecule has 4 nitrogen and oxygen atoms in total. The van der Waals surface area contributed by atoms with E-state index < -0.39 is 0 Å². The summed E-state index contributed by atoms with van der Waals surface area (Å²) in [5, 5.41) is 7.96. The van der Waals surface area contributed by atoms with Gasteiger partial charge in [-0.25, -0.2) is 4.68 Å². The van der Waals surface area contributed by atoms with Crippen molar-refractivity contribution in [3.05, 3.63) is 47.2 Å². The Bertz CT molecular complexity index is 612. The van der Waals surface area contributed by atoms with Crippen molar-refractivity contribution in [3.8, 4) is 5.88 Å². The van der Waals surface area contributed by atoms with Crippen LogP contribution < -0.4 is 10.1 Å². The Labute approximate surface area is 138 Å². The number of nitrogens with zero attached hydrogens (tertiary/aromatic N) is 2. The average Bonchev–Trinajstić information content (AvgIpc) is 2.98. The summed E-state index contributed by atoms with van der Waals surface area (Å²) in [6.07, 6.45) is 6.36. The van der Waals surface area contributed by atoms with Crippen LogP contribution in [0.2, 0.25) is 0 Å². The fourth-order valence-electron chi connectivity index (χ4n) is 3.23. The number of aryl methyl sites for hydroxylation is 1. The van der Waals surface area contributed by atoms with Gasteiger partial charge in [-0.15, -0.1) is 0 Å². The van der Waals surface area contributed by atoms with Crippen molar-refractivity contribution in [2.24, 2.45) is 0 Å². The first-order valence-electron chi connectivity index (χ1n) is 8.67. The third-order valence-corrected chi connectivity index (χ3v) is 4.54. The molecule has 23 heavy (non-hydrogen) atoms. The Balaban J connectivity index is 1.74. The molecule has 0 bridgehead atoms. The fraction of sp³-hybridized carbons (Fsp3) is 0.526. The molecule has 1 fully saturated rings. The van der Waals surface area contributed by atoms with E-state index in [-0.39, 0.29) is 0 Å². The van der Waals surface area contributed by atoms with Gasteiger partial charge in [-0.2, -0.15) is 5.10 Å². The minimum atomic E-state index is 0.488. The Hall–Kier alpha value is -1.81. The van der Waals surface area contributed by atoms with E-state index in [0.717, 1.165) is 18.1 Å². The Morgan fingerprint density at radius 3 is 2.61 bits per heavy atom. The molecule has 124 valence electrons. The van der Waals surface area contributed by atoms with Crippen LogP contribution in [-0.2, 0) is 13.2 Å². The van der Waals surface area contributed by atoms with E-state index in [2.05, 4.69) is 47.3 Å². The number of hydrogen-bond acceptors (Lipinski definition) is 3. The number of aromatic nitrogens is 2. The van der Waals surface area contributed by atoms with Crippen LogP contribution in [0.3, 0.4) is 0 Å². The minimum Gasteiger partial charge on any atom is -0.473 e. The van der Waals surface area contributed by atoms with Crippen molar-refractivity contribution in [1.29, 1.82) is 0 Å². The van der Waals surface area contributed by atoms with E-state index in [1.165, 1.54) is 43.2 Å².